The van der Waals surface area contributed by atoms with Crippen LogP contribution in [0.1, 0.15) is 30.1 Å². The molecule has 0 amide bonds. The minimum Gasteiger partial charge on any atom is -0.495 e. The van der Waals surface area contributed by atoms with Gasteiger partial charge in [-0.2, -0.15) is 0 Å². The third-order valence-electron chi connectivity index (χ3n) is 3.49. The van der Waals surface area contributed by atoms with Gasteiger partial charge in [0.1, 0.15) is 11.5 Å². The number of carbonyl (C=O) groups is 1. The van der Waals surface area contributed by atoms with Gasteiger partial charge < -0.3 is 14.8 Å². The minimum absolute atomic E-state index is 0.0718. The molecular formula is C20H23NO3. The van der Waals surface area contributed by atoms with Crippen molar-refractivity contribution in [3.05, 3.63) is 66.4 Å². The van der Waals surface area contributed by atoms with Crippen molar-refractivity contribution in [3.63, 3.8) is 0 Å². The van der Waals surface area contributed by atoms with E-state index in [1.165, 1.54) is 6.08 Å². The molecule has 4 heteroatoms. The number of carbonyl (C=O) groups excluding carboxylic acids is 1. The Hall–Kier alpha value is -2.75. The summed E-state index contributed by atoms with van der Waals surface area (Å²) in [6.45, 7) is 2.82. The minimum atomic E-state index is -0.0718. The number of nitrogens with one attached hydrogen (secondary N) is 1. The fraction of sp³-hybridized carbons (Fsp3) is 0.250. The topological polar surface area (TPSA) is 47.6 Å². The first kappa shape index (κ1) is 17.6. The molecule has 0 bridgehead atoms. The highest BCUT2D eigenvalue weighted by molar-refractivity contribution is 6.04. The Kier molecular flexibility index (Phi) is 6.90. The molecule has 0 heterocycles. The summed E-state index contributed by atoms with van der Waals surface area (Å²) in [7, 11) is 1.61. The van der Waals surface area contributed by atoms with Crippen molar-refractivity contribution in [2.45, 2.75) is 19.8 Å². The van der Waals surface area contributed by atoms with E-state index < -0.39 is 0 Å². The highest BCUT2D eigenvalue weighted by Crippen LogP contribution is 2.22. The van der Waals surface area contributed by atoms with E-state index >= 15 is 0 Å². The van der Waals surface area contributed by atoms with Crippen molar-refractivity contribution in [1.29, 1.82) is 0 Å². The third-order valence-corrected chi connectivity index (χ3v) is 3.49. The van der Waals surface area contributed by atoms with E-state index in [-0.39, 0.29) is 5.78 Å². The van der Waals surface area contributed by atoms with Gasteiger partial charge in [-0.3, -0.25) is 4.79 Å². The second-order valence-electron chi connectivity index (χ2n) is 5.27. The molecule has 126 valence electrons. The monoisotopic (exact) mass is 325 g/mol. The van der Waals surface area contributed by atoms with Crippen LogP contribution in [0.25, 0.3) is 0 Å². The van der Waals surface area contributed by atoms with E-state index in [0.717, 1.165) is 30.0 Å². The van der Waals surface area contributed by atoms with Crippen molar-refractivity contribution < 1.29 is 14.3 Å². The van der Waals surface area contributed by atoms with Crippen LogP contribution in [-0.2, 0) is 0 Å². The van der Waals surface area contributed by atoms with Crippen molar-refractivity contribution in [2.24, 2.45) is 0 Å². The molecule has 0 saturated heterocycles. The van der Waals surface area contributed by atoms with Crippen LogP contribution in [0, 0.1) is 0 Å². The fourth-order valence-electron chi connectivity index (χ4n) is 2.12. The number of ketones is 1. The largest absolute Gasteiger partial charge is 0.495 e. The summed E-state index contributed by atoms with van der Waals surface area (Å²) in [5.41, 5.74) is 1.43. The summed E-state index contributed by atoms with van der Waals surface area (Å²) < 4.78 is 10.8. The molecule has 0 atom stereocenters. The lowest BCUT2D eigenvalue weighted by molar-refractivity contribution is 0.104. The van der Waals surface area contributed by atoms with Gasteiger partial charge in [0.25, 0.3) is 0 Å². The molecule has 0 aliphatic heterocycles. The predicted octanol–water partition coefficient (Wildman–Crippen LogP) is 4.68. The first-order chi connectivity index (χ1) is 11.7. The molecule has 0 aromatic heterocycles. The molecule has 2 rings (SSSR count). The molecule has 24 heavy (non-hydrogen) atoms. The number of ether oxygens (including phenoxy) is 2. The molecule has 1 N–H and O–H groups in total. The van der Waals surface area contributed by atoms with Crippen molar-refractivity contribution in [2.75, 3.05) is 19.0 Å². The van der Waals surface area contributed by atoms with Crippen LogP contribution in [0.2, 0.25) is 0 Å². The van der Waals surface area contributed by atoms with Gasteiger partial charge >= 0.3 is 0 Å². The Balaban J connectivity index is 1.91. The van der Waals surface area contributed by atoms with Gasteiger partial charge in [0.05, 0.1) is 19.4 Å². The number of allylic oxidation sites excluding steroid dienone is 1. The van der Waals surface area contributed by atoms with Gasteiger partial charge in [-0.15, -0.1) is 0 Å². The average molecular weight is 325 g/mol. The molecule has 0 unspecified atom stereocenters. The highest BCUT2D eigenvalue weighted by atomic mass is 16.5. The maximum atomic E-state index is 12.2. The number of methoxy groups -OCH3 is 1. The van der Waals surface area contributed by atoms with E-state index in [2.05, 4.69) is 12.2 Å². The van der Waals surface area contributed by atoms with Crippen LogP contribution < -0.4 is 14.8 Å². The van der Waals surface area contributed by atoms with Crippen molar-refractivity contribution >= 4 is 11.5 Å². The van der Waals surface area contributed by atoms with E-state index in [1.807, 2.05) is 36.4 Å². The fourth-order valence-corrected chi connectivity index (χ4v) is 2.12. The number of hydrogen-bond acceptors (Lipinski definition) is 4. The molecule has 2 aromatic rings. The Morgan fingerprint density at radius 2 is 1.88 bits per heavy atom. The first-order valence-corrected chi connectivity index (χ1v) is 8.08. The van der Waals surface area contributed by atoms with Gasteiger partial charge in [-0.1, -0.05) is 25.5 Å². The average Bonchev–Trinajstić information content (AvgIpc) is 2.63. The summed E-state index contributed by atoms with van der Waals surface area (Å²) in [6, 6.07) is 14.7. The SMILES string of the molecule is CCCCOc1ccc(C(=O)C=CNc2ccccc2OC)cc1. The lowest BCUT2D eigenvalue weighted by Gasteiger charge is -2.07. The zero-order chi connectivity index (χ0) is 17.2. The molecule has 0 aliphatic carbocycles. The normalized spacial score (nSPS) is 10.6. The van der Waals surface area contributed by atoms with Gasteiger partial charge in [0.2, 0.25) is 0 Å². The lowest BCUT2D eigenvalue weighted by Crippen LogP contribution is -1.99. The molecule has 0 saturated carbocycles. The smallest absolute Gasteiger partial charge is 0.187 e. The zero-order valence-electron chi connectivity index (χ0n) is 14.1. The number of hydrogen-bond donors (Lipinski definition) is 1. The molecule has 0 radical (unpaired) electrons. The van der Waals surface area contributed by atoms with Crippen LogP contribution in [0.5, 0.6) is 11.5 Å². The molecular weight excluding hydrogens is 302 g/mol. The standard InChI is InChI=1S/C20H23NO3/c1-3-4-15-24-17-11-9-16(10-12-17)19(22)13-14-21-18-7-5-6-8-20(18)23-2/h5-14,21H,3-4,15H2,1-2H3. The maximum absolute atomic E-state index is 12.2. The summed E-state index contributed by atoms with van der Waals surface area (Å²) in [4.78, 5) is 12.2. The maximum Gasteiger partial charge on any atom is 0.187 e. The Morgan fingerprint density at radius 1 is 1.12 bits per heavy atom. The molecule has 0 spiro atoms. The molecule has 2 aromatic carbocycles. The Morgan fingerprint density at radius 3 is 2.58 bits per heavy atom. The summed E-state index contributed by atoms with van der Waals surface area (Å²) in [5, 5.41) is 3.06. The quantitative estimate of drug-likeness (QED) is 0.413. The Bertz CT molecular complexity index is 678. The van der Waals surface area contributed by atoms with E-state index in [9.17, 15) is 4.79 Å². The molecule has 0 fully saturated rings. The molecule has 4 nitrogen and oxygen atoms in total. The summed E-state index contributed by atoms with van der Waals surface area (Å²) in [6.07, 6.45) is 5.24. The third kappa shape index (κ3) is 5.16. The van der Waals surface area contributed by atoms with Crippen molar-refractivity contribution in [1.82, 2.24) is 0 Å². The van der Waals surface area contributed by atoms with Gasteiger partial charge in [0.15, 0.2) is 5.78 Å². The molecule has 0 aliphatic rings. The van der Waals surface area contributed by atoms with Crippen LogP contribution in [0.15, 0.2) is 60.8 Å². The lowest BCUT2D eigenvalue weighted by atomic mass is 10.1. The van der Waals surface area contributed by atoms with Crippen LogP contribution in [-0.4, -0.2) is 19.5 Å². The van der Waals surface area contributed by atoms with Gasteiger partial charge in [-0.05, 0) is 42.8 Å². The number of unbranched alkanes of at least 4 members (excludes halogenated alkanes) is 1. The predicted molar refractivity (Wildman–Crippen MR) is 96.9 cm³/mol. The second-order valence-corrected chi connectivity index (χ2v) is 5.27. The Labute approximate surface area is 143 Å². The summed E-state index contributed by atoms with van der Waals surface area (Å²) in [5.74, 6) is 1.44. The highest BCUT2D eigenvalue weighted by Gasteiger charge is 2.03. The van der Waals surface area contributed by atoms with E-state index in [4.69, 9.17) is 9.47 Å². The number of rotatable bonds is 9. The van der Waals surface area contributed by atoms with Crippen LogP contribution >= 0.6 is 0 Å². The van der Waals surface area contributed by atoms with Crippen molar-refractivity contribution in [3.8, 4) is 11.5 Å². The number of para-hydroxylation sites is 2. The van der Waals surface area contributed by atoms with E-state index in [1.54, 1.807) is 25.4 Å². The summed E-state index contributed by atoms with van der Waals surface area (Å²) >= 11 is 0. The van der Waals surface area contributed by atoms with Crippen LogP contribution in [0.3, 0.4) is 0 Å². The number of anilines is 1. The van der Waals surface area contributed by atoms with Gasteiger partial charge in [-0.25, -0.2) is 0 Å². The van der Waals surface area contributed by atoms with Crippen LogP contribution in [0.4, 0.5) is 5.69 Å². The first-order valence-electron chi connectivity index (χ1n) is 8.08. The second kappa shape index (κ2) is 9.40. The zero-order valence-corrected chi connectivity index (χ0v) is 14.1. The van der Waals surface area contributed by atoms with E-state index in [0.29, 0.717) is 12.2 Å². The number of benzene rings is 2. The van der Waals surface area contributed by atoms with Gasteiger partial charge in [0, 0.05) is 17.8 Å².